The number of anilines is 1. The van der Waals surface area contributed by atoms with Crippen LogP contribution in [0.25, 0.3) is 33.1 Å². The van der Waals surface area contributed by atoms with Crippen LogP contribution in [0.5, 0.6) is 0 Å². The Morgan fingerprint density at radius 3 is 2.75 bits per heavy atom. The van der Waals surface area contributed by atoms with E-state index in [1.165, 1.54) is 23.5 Å². The van der Waals surface area contributed by atoms with Gasteiger partial charge in [0.25, 0.3) is 0 Å². The molecule has 0 aliphatic rings. The van der Waals surface area contributed by atoms with E-state index >= 15 is 0 Å². The number of H-pyrrole nitrogens is 1. The summed E-state index contributed by atoms with van der Waals surface area (Å²) in [5.74, 6) is 0.623. The van der Waals surface area contributed by atoms with Gasteiger partial charge in [0, 0.05) is 34.6 Å². The Hall–Kier alpha value is -4.12. The minimum absolute atomic E-state index is 0.203. The van der Waals surface area contributed by atoms with Crippen LogP contribution in [0.3, 0.4) is 0 Å². The third-order valence-corrected chi connectivity index (χ3v) is 5.25. The largest absolute Gasteiger partial charge is 0.426 e. The fraction of sp³-hybridized carbons (Fsp3) is 0.125. The first-order valence-corrected chi connectivity index (χ1v) is 9.90. The summed E-state index contributed by atoms with van der Waals surface area (Å²) < 4.78 is 40.0. The number of rotatable bonds is 5. The molecule has 0 amide bonds. The van der Waals surface area contributed by atoms with Gasteiger partial charge in [-0.1, -0.05) is 30.3 Å². The van der Waals surface area contributed by atoms with Crippen LogP contribution in [-0.2, 0) is 12.6 Å². The van der Waals surface area contributed by atoms with Crippen LogP contribution in [0, 0.1) is 12.1 Å². The van der Waals surface area contributed by atoms with E-state index in [4.69, 9.17) is 0 Å². The van der Waals surface area contributed by atoms with Gasteiger partial charge in [0.1, 0.15) is 17.7 Å². The molecule has 0 radical (unpaired) electrons. The number of alkyl halides is 3. The summed E-state index contributed by atoms with van der Waals surface area (Å²) in [7, 11) is 0. The second kappa shape index (κ2) is 7.85. The SMILES string of the molecule is FC(F)(F)c1c#ccnc1-c1ccc2c(NCCc3c[nH]c4ccccc34)ncnc2c1. The standard InChI is InChI=1S/C24H16F3N5/c25-24(26,27)19-5-3-10-28-22(19)15-7-8-18-21(12-15)31-14-32-23(18)29-11-9-16-13-30-20-6-2-1-4-17(16)20/h1-2,4,6-8,10,12-14,30H,9,11H2,(H,29,31,32). The van der Waals surface area contributed by atoms with Crippen LogP contribution < -0.4 is 5.32 Å². The van der Waals surface area contributed by atoms with Crippen LogP contribution in [0.4, 0.5) is 19.0 Å². The quantitative estimate of drug-likeness (QED) is 0.389. The van der Waals surface area contributed by atoms with Crippen molar-refractivity contribution in [1.29, 1.82) is 0 Å². The lowest BCUT2D eigenvalue weighted by atomic mass is 10.0. The second-order valence-electron chi connectivity index (χ2n) is 7.24. The van der Waals surface area contributed by atoms with Crippen LogP contribution in [0.15, 0.2) is 61.2 Å². The molecule has 3 aromatic heterocycles. The van der Waals surface area contributed by atoms with Crippen molar-refractivity contribution in [2.24, 2.45) is 0 Å². The normalized spacial score (nSPS) is 11.6. The Balaban J connectivity index is 1.40. The molecule has 0 aliphatic carbocycles. The van der Waals surface area contributed by atoms with Gasteiger partial charge in [-0.15, -0.1) is 0 Å². The van der Waals surface area contributed by atoms with Crippen LogP contribution in [0.2, 0.25) is 0 Å². The minimum Gasteiger partial charge on any atom is -0.369 e. The van der Waals surface area contributed by atoms with Crippen molar-refractivity contribution in [2.45, 2.75) is 12.6 Å². The number of fused-ring (bicyclic) bond motifs is 2. The lowest BCUT2D eigenvalue weighted by Crippen LogP contribution is -2.08. The van der Waals surface area contributed by atoms with Crippen molar-refractivity contribution >= 4 is 27.6 Å². The number of aromatic amines is 1. The Labute approximate surface area is 181 Å². The maximum atomic E-state index is 13.3. The smallest absolute Gasteiger partial charge is 0.369 e. The summed E-state index contributed by atoms with van der Waals surface area (Å²) in [6.45, 7) is 0.638. The zero-order valence-corrected chi connectivity index (χ0v) is 16.7. The van der Waals surface area contributed by atoms with Crippen molar-refractivity contribution in [3.63, 3.8) is 0 Å². The summed E-state index contributed by atoms with van der Waals surface area (Å²) in [5.41, 5.74) is 1.95. The lowest BCUT2D eigenvalue weighted by Gasteiger charge is -2.11. The fourth-order valence-corrected chi connectivity index (χ4v) is 3.75. The predicted molar refractivity (Wildman–Crippen MR) is 116 cm³/mol. The Morgan fingerprint density at radius 1 is 1.00 bits per heavy atom. The van der Waals surface area contributed by atoms with Crippen molar-refractivity contribution in [3.8, 4) is 11.3 Å². The first kappa shape index (κ1) is 19.8. The number of para-hydroxylation sites is 1. The highest BCUT2D eigenvalue weighted by molar-refractivity contribution is 5.92. The van der Waals surface area contributed by atoms with Crippen molar-refractivity contribution < 1.29 is 13.2 Å². The summed E-state index contributed by atoms with van der Waals surface area (Å²) in [5, 5.41) is 5.21. The molecule has 32 heavy (non-hydrogen) atoms. The molecule has 5 nitrogen and oxygen atoms in total. The predicted octanol–water partition coefficient (Wildman–Crippen LogP) is 5.45. The number of hydrogen-bond acceptors (Lipinski definition) is 4. The van der Waals surface area contributed by atoms with Gasteiger partial charge in [-0.05, 0) is 36.2 Å². The zero-order chi connectivity index (χ0) is 22.1. The van der Waals surface area contributed by atoms with Crippen LogP contribution in [0.1, 0.15) is 11.1 Å². The maximum absolute atomic E-state index is 13.3. The average Bonchev–Trinajstić information content (AvgIpc) is 3.21. The number of hydrogen-bond donors (Lipinski definition) is 2. The molecule has 5 rings (SSSR count). The molecule has 2 aromatic carbocycles. The number of aromatic nitrogens is 4. The maximum Gasteiger partial charge on any atom is 0.426 e. The third kappa shape index (κ3) is 3.69. The number of nitrogens with zero attached hydrogens (tertiary/aromatic N) is 3. The summed E-state index contributed by atoms with van der Waals surface area (Å²) >= 11 is 0. The molecule has 2 N–H and O–H groups in total. The summed E-state index contributed by atoms with van der Waals surface area (Å²) in [6, 6.07) is 17.4. The molecule has 158 valence electrons. The monoisotopic (exact) mass is 431 g/mol. The summed E-state index contributed by atoms with van der Waals surface area (Å²) in [4.78, 5) is 15.7. The molecule has 3 heterocycles. The van der Waals surface area contributed by atoms with Gasteiger partial charge in [-0.3, -0.25) is 0 Å². The molecule has 0 saturated carbocycles. The molecule has 0 saturated heterocycles. The molecule has 0 atom stereocenters. The molecule has 0 spiro atoms. The van der Waals surface area contributed by atoms with E-state index in [9.17, 15) is 13.2 Å². The van der Waals surface area contributed by atoms with E-state index in [-0.39, 0.29) is 5.69 Å². The van der Waals surface area contributed by atoms with Gasteiger partial charge in [-0.2, -0.15) is 13.2 Å². The second-order valence-corrected chi connectivity index (χ2v) is 7.24. The molecule has 8 heteroatoms. The molecule has 0 aliphatic heterocycles. The number of nitrogens with one attached hydrogen (secondary N) is 2. The summed E-state index contributed by atoms with van der Waals surface area (Å²) in [6.07, 6.45) is 0.768. The van der Waals surface area contributed by atoms with Crippen molar-refractivity contribution in [1.82, 2.24) is 19.9 Å². The topological polar surface area (TPSA) is 66.5 Å². The van der Waals surface area contributed by atoms with Gasteiger partial charge < -0.3 is 10.3 Å². The molecule has 0 unspecified atom stereocenters. The first-order valence-electron chi connectivity index (χ1n) is 9.90. The van der Waals surface area contributed by atoms with E-state index in [2.05, 4.69) is 43.5 Å². The molecule has 0 bridgehead atoms. The highest BCUT2D eigenvalue weighted by Gasteiger charge is 2.35. The highest BCUT2D eigenvalue weighted by Crippen LogP contribution is 2.35. The first-order chi connectivity index (χ1) is 15.5. The van der Waals surface area contributed by atoms with E-state index in [1.807, 2.05) is 24.4 Å². The van der Waals surface area contributed by atoms with Crippen molar-refractivity contribution in [3.05, 3.63) is 84.4 Å². The van der Waals surface area contributed by atoms with Crippen molar-refractivity contribution in [2.75, 3.05) is 11.9 Å². The molecule has 0 fully saturated rings. The average molecular weight is 431 g/mol. The molecule has 5 aromatic rings. The molecular weight excluding hydrogens is 415 g/mol. The van der Waals surface area contributed by atoms with E-state index in [0.717, 1.165) is 17.3 Å². The minimum atomic E-state index is -4.57. The van der Waals surface area contributed by atoms with Gasteiger partial charge in [0.15, 0.2) is 0 Å². The van der Waals surface area contributed by atoms with E-state index < -0.39 is 11.7 Å². The Morgan fingerprint density at radius 2 is 1.88 bits per heavy atom. The van der Waals surface area contributed by atoms with Crippen LogP contribution >= 0.6 is 0 Å². The Kier molecular flexibility index (Phi) is 4.86. The lowest BCUT2D eigenvalue weighted by molar-refractivity contribution is -0.137. The zero-order valence-electron chi connectivity index (χ0n) is 16.7. The van der Waals surface area contributed by atoms with Gasteiger partial charge in [-0.25, -0.2) is 15.0 Å². The highest BCUT2D eigenvalue weighted by atomic mass is 19.4. The molecular formula is C24H16F3N5. The number of halogens is 3. The van der Waals surface area contributed by atoms with Crippen LogP contribution in [-0.4, -0.2) is 26.5 Å². The van der Waals surface area contributed by atoms with Gasteiger partial charge >= 0.3 is 6.18 Å². The van der Waals surface area contributed by atoms with E-state index in [0.29, 0.717) is 23.4 Å². The fourth-order valence-electron chi connectivity index (χ4n) is 3.75. The van der Waals surface area contributed by atoms with E-state index in [1.54, 1.807) is 18.2 Å². The Bertz CT molecular complexity index is 1410. The van der Waals surface area contributed by atoms with Gasteiger partial charge in [0.05, 0.1) is 17.4 Å². The number of benzene rings is 2. The third-order valence-electron chi connectivity index (χ3n) is 5.25. The van der Waals surface area contributed by atoms with Gasteiger partial charge in [0.2, 0.25) is 0 Å².